The Bertz CT molecular complexity index is 907. The van der Waals surface area contributed by atoms with Crippen LogP contribution in [-0.4, -0.2) is 45.4 Å². The van der Waals surface area contributed by atoms with Gasteiger partial charge >= 0.3 is 0 Å². The number of hydrogen-bond donors (Lipinski definition) is 2. The van der Waals surface area contributed by atoms with Crippen molar-refractivity contribution in [1.29, 1.82) is 0 Å². The first-order valence-electron chi connectivity index (χ1n) is 7.47. The van der Waals surface area contributed by atoms with E-state index in [2.05, 4.69) is 30.9 Å². The van der Waals surface area contributed by atoms with Gasteiger partial charge in [0.15, 0.2) is 23.7 Å². The first-order chi connectivity index (χ1) is 12.2. The van der Waals surface area contributed by atoms with E-state index in [4.69, 9.17) is 4.74 Å². The summed E-state index contributed by atoms with van der Waals surface area (Å²) in [7, 11) is 5.09. The molecule has 0 aliphatic heterocycles. The third kappa shape index (κ3) is 3.25. The molecule has 9 heteroatoms. The fourth-order valence-electron chi connectivity index (χ4n) is 2.35. The third-order valence-electron chi connectivity index (χ3n) is 3.52. The summed E-state index contributed by atoms with van der Waals surface area (Å²) in [5, 5.41) is 18.2. The molecule has 0 bridgehead atoms. The molecule has 25 heavy (non-hydrogen) atoms. The van der Waals surface area contributed by atoms with Crippen LogP contribution >= 0.6 is 0 Å². The molecule has 2 heterocycles. The second-order valence-electron chi connectivity index (χ2n) is 5.15. The highest BCUT2D eigenvalue weighted by atomic mass is 16.5. The predicted octanol–water partition coefficient (Wildman–Crippen LogP) is 1.88. The molecular formula is C16H17N7O2. The van der Waals surface area contributed by atoms with Gasteiger partial charge in [-0.15, -0.1) is 10.2 Å². The van der Waals surface area contributed by atoms with E-state index in [-0.39, 0.29) is 5.69 Å². The Kier molecular flexibility index (Phi) is 4.55. The molecule has 128 valence electrons. The molecule has 3 rings (SSSR count). The molecule has 0 saturated carbocycles. The number of aromatic nitrogens is 5. The summed E-state index contributed by atoms with van der Waals surface area (Å²) in [5.74, 6) is 1.64. The molecule has 9 nitrogen and oxygen atoms in total. The van der Waals surface area contributed by atoms with Crippen LogP contribution in [-0.2, 0) is 7.05 Å². The second kappa shape index (κ2) is 6.95. The lowest BCUT2D eigenvalue weighted by Gasteiger charge is -2.15. The number of carbonyl (C=O) groups excluding carboxylic acids is 1. The van der Waals surface area contributed by atoms with E-state index in [1.54, 1.807) is 38.3 Å². The molecule has 0 aliphatic carbocycles. The van der Waals surface area contributed by atoms with Gasteiger partial charge in [-0.05, 0) is 12.1 Å². The highest BCUT2D eigenvalue weighted by Crippen LogP contribution is 2.36. The minimum atomic E-state index is 0.197. The maximum atomic E-state index is 11.2. The number of para-hydroxylation sites is 1. The molecule has 0 atom stereocenters. The number of aryl methyl sites for hydroxylation is 1. The van der Waals surface area contributed by atoms with Gasteiger partial charge in [-0.25, -0.2) is 4.98 Å². The minimum absolute atomic E-state index is 0.197. The lowest BCUT2D eigenvalue weighted by Crippen LogP contribution is -2.04. The van der Waals surface area contributed by atoms with Crippen molar-refractivity contribution in [3.63, 3.8) is 0 Å². The summed E-state index contributed by atoms with van der Waals surface area (Å²) in [6.07, 6.45) is 2.26. The summed E-state index contributed by atoms with van der Waals surface area (Å²) in [4.78, 5) is 15.5. The zero-order chi connectivity index (χ0) is 17.8. The molecule has 1 aromatic carbocycles. The number of nitrogens with zero attached hydrogens (tertiary/aromatic N) is 5. The SMILES string of the molecule is CNc1cc(Nc2cccc(-c3ncn(C)n3)c2OC)c(C=O)nn1. The smallest absolute Gasteiger partial charge is 0.184 e. The number of methoxy groups -OCH3 is 1. The van der Waals surface area contributed by atoms with Crippen LogP contribution in [0.1, 0.15) is 10.5 Å². The molecule has 0 amide bonds. The van der Waals surface area contributed by atoms with E-state index in [0.717, 1.165) is 5.56 Å². The maximum absolute atomic E-state index is 11.2. The molecule has 0 unspecified atom stereocenters. The zero-order valence-electron chi connectivity index (χ0n) is 14.0. The predicted molar refractivity (Wildman–Crippen MR) is 93.2 cm³/mol. The highest BCUT2D eigenvalue weighted by Gasteiger charge is 2.16. The molecule has 0 aliphatic rings. The number of hydrogen-bond acceptors (Lipinski definition) is 8. The summed E-state index contributed by atoms with van der Waals surface area (Å²) < 4.78 is 7.17. The van der Waals surface area contributed by atoms with Crippen LogP contribution < -0.4 is 15.4 Å². The highest BCUT2D eigenvalue weighted by molar-refractivity contribution is 5.86. The van der Waals surface area contributed by atoms with Gasteiger partial charge in [-0.3, -0.25) is 9.48 Å². The Labute approximate surface area is 144 Å². The standard InChI is InChI=1S/C16H17N7O2/c1-17-14-7-12(13(8-24)20-21-14)19-11-6-4-5-10(15(11)25-3)16-18-9-23(2)22-16/h4-9H,1-3H3,(H2,17,19,21). The van der Waals surface area contributed by atoms with Gasteiger partial charge in [0, 0.05) is 20.2 Å². The monoisotopic (exact) mass is 339 g/mol. The Morgan fingerprint density at radius 2 is 2.08 bits per heavy atom. The quantitative estimate of drug-likeness (QED) is 0.656. The van der Waals surface area contributed by atoms with E-state index < -0.39 is 0 Å². The van der Waals surface area contributed by atoms with E-state index in [0.29, 0.717) is 35.1 Å². The average molecular weight is 339 g/mol. The Morgan fingerprint density at radius 1 is 1.24 bits per heavy atom. The minimum Gasteiger partial charge on any atom is -0.494 e. The third-order valence-corrected chi connectivity index (χ3v) is 3.52. The van der Waals surface area contributed by atoms with Crippen LogP contribution in [0.25, 0.3) is 11.4 Å². The van der Waals surface area contributed by atoms with E-state index in [9.17, 15) is 4.79 Å². The van der Waals surface area contributed by atoms with Gasteiger partial charge in [-0.1, -0.05) is 6.07 Å². The lowest BCUT2D eigenvalue weighted by molar-refractivity contribution is 0.111. The zero-order valence-corrected chi connectivity index (χ0v) is 14.0. The van der Waals surface area contributed by atoms with Crippen LogP contribution in [0.2, 0.25) is 0 Å². The molecule has 3 aromatic rings. The fraction of sp³-hybridized carbons (Fsp3) is 0.188. The van der Waals surface area contributed by atoms with Crippen LogP contribution in [0, 0.1) is 0 Å². The number of nitrogens with one attached hydrogen (secondary N) is 2. The van der Waals surface area contributed by atoms with Crippen molar-refractivity contribution in [2.24, 2.45) is 7.05 Å². The van der Waals surface area contributed by atoms with Crippen molar-refractivity contribution in [3.05, 3.63) is 36.3 Å². The number of ether oxygens (including phenoxy) is 1. The van der Waals surface area contributed by atoms with Crippen molar-refractivity contribution in [2.45, 2.75) is 0 Å². The van der Waals surface area contributed by atoms with E-state index >= 15 is 0 Å². The van der Waals surface area contributed by atoms with Crippen molar-refractivity contribution in [2.75, 3.05) is 24.8 Å². The molecule has 0 radical (unpaired) electrons. The van der Waals surface area contributed by atoms with Gasteiger partial charge in [0.1, 0.15) is 12.0 Å². The number of aldehydes is 1. The van der Waals surface area contributed by atoms with Crippen LogP contribution in [0.15, 0.2) is 30.6 Å². The van der Waals surface area contributed by atoms with Gasteiger partial charge in [0.05, 0.1) is 24.0 Å². The normalized spacial score (nSPS) is 10.4. The number of anilines is 3. The number of carbonyl (C=O) groups is 1. The summed E-state index contributed by atoms with van der Waals surface area (Å²) >= 11 is 0. The van der Waals surface area contributed by atoms with Crippen molar-refractivity contribution >= 4 is 23.5 Å². The van der Waals surface area contributed by atoms with Crippen LogP contribution in [0.5, 0.6) is 5.75 Å². The molecule has 2 N–H and O–H groups in total. The van der Waals surface area contributed by atoms with E-state index in [1.807, 2.05) is 18.2 Å². The first kappa shape index (κ1) is 16.4. The van der Waals surface area contributed by atoms with Gasteiger partial charge < -0.3 is 15.4 Å². The molecular weight excluding hydrogens is 322 g/mol. The van der Waals surface area contributed by atoms with Crippen molar-refractivity contribution in [3.8, 4) is 17.1 Å². The largest absolute Gasteiger partial charge is 0.494 e. The Balaban J connectivity index is 2.05. The average Bonchev–Trinajstić information content (AvgIpc) is 3.07. The Hall–Kier alpha value is -3.49. The van der Waals surface area contributed by atoms with Crippen LogP contribution in [0.3, 0.4) is 0 Å². The molecule has 2 aromatic heterocycles. The fourth-order valence-corrected chi connectivity index (χ4v) is 2.35. The molecule has 0 spiro atoms. The summed E-state index contributed by atoms with van der Waals surface area (Å²) in [5.41, 5.74) is 2.10. The first-order valence-corrected chi connectivity index (χ1v) is 7.47. The lowest BCUT2D eigenvalue weighted by atomic mass is 10.1. The van der Waals surface area contributed by atoms with Crippen molar-refractivity contribution in [1.82, 2.24) is 25.0 Å². The maximum Gasteiger partial charge on any atom is 0.184 e. The van der Waals surface area contributed by atoms with Crippen molar-refractivity contribution < 1.29 is 9.53 Å². The summed E-state index contributed by atoms with van der Waals surface area (Å²) in [6, 6.07) is 7.25. The topological polar surface area (TPSA) is 107 Å². The Morgan fingerprint density at radius 3 is 2.72 bits per heavy atom. The summed E-state index contributed by atoms with van der Waals surface area (Å²) in [6.45, 7) is 0. The number of benzene rings is 1. The van der Waals surface area contributed by atoms with Gasteiger partial charge in [-0.2, -0.15) is 5.10 Å². The van der Waals surface area contributed by atoms with Gasteiger partial charge in [0.2, 0.25) is 0 Å². The van der Waals surface area contributed by atoms with E-state index in [1.165, 1.54) is 0 Å². The number of rotatable bonds is 6. The second-order valence-corrected chi connectivity index (χ2v) is 5.15. The molecule has 0 fully saturated rings. The molecule has 0 saturated heterocycles. The van der Waals surface area contributed by atoms with Crippen LogP contribution in [0.4, 0.5) is 17.2 Å². The van der Waals surface area contributed by atoms with Gasteiger partial charge in [0.25, 0.3) is 0 Å².